The molecule has 1 atom stereocenters. The summed E-state index contributed by atoms with van der Waals surface area (Å²) < 4.78 is 6.18. The van der Waals surface area contributed by atoms with E-state index in [4.69, 9.17) is 4.74 Å². The molecule has 0 radical (unpaired) electrons. The molecule has 1 unspecified atom stereocenters. The van der Waals surface area contributed by atoms with E-state index in [9.17, 15) is 10.2 Å². The van der Waals surface area contributed by atoms with Crippen LogP contribution in [-0.4, -0.2) is 23.4 Å². The summed E-state index contributed by atoms with van der Waals surface area (Å²) in [4.78, 5) is 0. The Morgan fingerprint density at radius 2 is 1.12 bits per heavy atom. The average Bonchev–Trinajstić information content (AvgIpc) is 2.34. The second-order valence-corrected chi connectivity index (χ2v) is 11.9. The molecule has 0 saturated heterocycles. The lowest BCUT2D eigenvalue weighted by Crippen LogP contribution is -2.60. The molecule has 152 valence electrons. The smallest absolute Gasteiger partial charge is 0.157 e. The molecule has 0 amide bonds. The normalized spacial score (nSPS) is 22.9. The van der Waals surface area contributed by atoms with E-state index in [1.165, 1.54) is 0 Å². The van der Waals surface area contributed by atoms with Crippen LogP contribution >= 0.6 is 0 Å². The third-order valence-corrected chi connectivity index (χ3v) is 5.92. The van der Waals surface area contributed by atoms with Gasteiger partial charge in [-0.15, -0.1) is 0 Å². The molecule has 1 aliphatic rings. The monoisotopic (exact) mass is 366 g/mol. The van der Waals surface area contributed by atoms with E-state index in [0.29, 0.717) is 0 Å². The van der Waals surface area contributed by atoms with Crippen LogP contribution in [0.5, 0.6) is 0 Å². The molecule has 1 aliphatic carbocycles. The molecular weight excluding hydrogens is 324 g/mol. The van der Waals surface area contributed by atoms with Gasteiger partial charge in [-0.25, -0.2) is 0 Å². The summed E-state index contributed by atoms with van der Waals surface area (Å²) in [6, 6.07) is 0. The zero-order chi connectivity index (χ0) is 21.1. The highest BCUT2D eigenvalue weighted by molar-refractivity contribution is 5.49. The van der Waals surface area contributed by atoms with E-state index in [1.54, 1.807) is 7.11 Å². The zero-order valence-corrected chi connectivity index (χ0v) is 19.4. The summed E-state index contributed by atoms with van der Waals surface area (Å²) >= 11 is 0. The van der Waals surface area contributed by atoms with Crippen molar-refractivity contribution >= 4 is 0 Å². The summed E-state index contributed by atoms with van der Waals surface area (Å²) in [5, 5.41) is 22.8. The molecule has 26 heavy (non-hydrogen) atoms. The number of aliphatic hydroxyl groups is 2. The number of methoxy groups -OCH3 is 1. The number of rotatable bonds is 1. The maximum Gasteiger partial charge on any atom is 0.157 e. The summed E-state index contributed by atoms with van der Waals surface area (Å²) in [6.07, 6.45) is -0.340. The largest absolute Gasteiger partial charge is 0.508 e. The molecule has 0 heterocycles. The van der Waals surface area contributed by atoms with Crippen LogP contribution in [0.4, 0.5) is 0 Å². The van der Waals surface area contributed by atoms with Crippen LogP contribution in [0.1, 0.15) is 83.1 Å². The number of ether oxygens (including phenoxy) is 1. The fraction of sp³-hybridized carbons (Fsp3) is 0.826. The van der Waals surface area contributed by atoms with Crippen molar-refractivity contribution in [2.75, 3.05) is 7.11 Å². The van der Waals surface area contributed by atoms with Crippen molar-refractivity contribution < 1.29 is 14.9 Å². The molecule has 1 rings (SSSR count). The predicted octanol–water partition coefficient (Wildman–Crippen LogP) is 6.81. The van der Waals surface area contributed by atoms with E-state index in [0.717, 1.165) is 11.1 Å². The second kappa shape index (κ2) is 6.29. The Hall–Kier alpha value is -0.960. The summed E-state index contributed by atoms with van der Waals surface area (Å²) in [7, 11) is 1.72. The van der Waals surface area contributed by atoms with Crippen LogP contribution in [-0.2, 0) is 4.74 Å². The van der Waals surface area contributed by atoms with E-state index >= 15 is 0 Å². The van der Waals surface area contributed by atoms with E-state index in [2.05, 4.69) is 83.1 Å². The van der Waals surface area contributed by atoms with E-state index in [-0.39, 0.29) is 39.3 Å². The summed E-state index contributed by atoms with van der Waals surface area (Å²) in [5.41, 5.74) is -0.116. The molecule has 0 saturated carbocycles. The third-order valence-electron chi connectivity index (χ3n) is 5.92. The fourth-order valence-electron chi connectivity index (χ4n) is 5.35. The highest BCUT2D eigenvalue weighted by Crippen LogP contribution is 2.65. The first-order chi connectivity index (χ1) is 11.3. The lowest BCUT2D eigenvalue weighted by Gasteiger charge is -2.60. The minimum atomic E-state index is -0.768. The van der Waals surface area contributed by atoms with Gasteiger partial charge in [0, 0.05) is 12.7 Å². The average molecular weight is 367 g/mol. The van der Waals surface area contributed by atoms with Crippen molar-refractivity contribution in [3.05, 3.63) is 22.7 Å². The third kappa shape index (κ3) is 3.21. The molecule has 0 aliphatic heterocycles. The van der Waals surface area contributed by atoms with Crippen molar-refractivity contribution in [2.45, 2.75) is 89.2 Å². The molecule has 0 aromatic carbocycles. The van der Waals surface area contributed by atoms with Gasteiger partial charge in [-0.3, -0.25) is 0 Å². The standard InChI is InChI=1S/C23H42O3/c1-19(2,3)14-15(20(4,5)6)18(26-13)23(21(7,8)9,22(10,11)12)17(25)16(14)24/h18,24-25H,1-13H3. The highest BCUT2D eigenvalue weighted by atomic mass is 16.5. The lowest BCUT2D eigenvalue weighted by atomic mass is 9.46. The Balaban J connectivity index is 4.22. The maximum atomic E-state index is 11.5. The number of hydrogen-bond acceptors (Lipinski definition) is 3. The molecule has 0 bridgehead atoms. The van der Waals surface area contributed by atoms with Gasteiger partial charge in [0.15, 0.2) is 5.76 Å². The Bertz CT molecular complexity index is 594. The van der Waals surface area contributed by atoms with Crippen LogP contribution in [0, 0.1) is 27.1 Å². The van der Waals surface area contributed by atoms with Crippen molar-refractivity contribution in [2.24, 2.45) is 27.1 Å². The van der Waals surface area contributed by atoms with Gasteiger partial charge >= 0.3 is 0 Å². The maximum absolute atomic E-state index is 11.5. The first-order valence-electron chi connectivity index (χ1n) is 9.67. The van der Waals surface area contributed by atoms with Gasteiger partial charge in [-0.1, -0.05) is 83.1 Å². The molecule has 0 aromatic rings. The van der Waals surface area contributed by atoms with Crippen LogP contribution in [0.25, 0.3) is 0 Å². The molecule has 0 fully saturated rings. The molecule has 0 spiro atoms. The van der Waals surface area contributed by atoms with Gasteiger partial charge < -0.3 is 14.9 Å². The van der Waals surface area contributed by atoms with E-state index in [1.807, 2.05) is 0 Å². The first kappa shape index (κ1) is 23.1. The molecule has 3 heteroatoms. The van der Waals surface area contributed by atoms with Crippen molar-refractivity contribution in [3.63, 3.8) is 0 Å². The first-order valence-corrected chi connectivity index (χ1v) is 9.67. The Morgan fingerprint density at radius 3 is 1.35 bits per heavy atom. The minimum absolute atomic E-state index is 0.0283. The molecule has 3 nitrogen and oxygen atoms in total. The quantitative estimate of drug-likeness (QED) is 0.536. The molecule has 0 aromatic heterocycles. The zero-order valence-electron chi connectivity index (χ0n) is 19.4. The Morgan fingerprint density at radius 1 is 0.731 bits per heavy atom. The van der Waals surface area contributed by atoms with Crippen LogP contribution < -0.4 is 0 Å². The second-order valence-electron chi connectivity index (χ2n) is 11.9. The fourth-order valence-corrected chi connectivity index (χ4v) is 5.35. The summed E-state index contributed by atoms with van der Waals surface area (Å²) in [6.45, 7) is 25.4. The molecule has 2 N–H and O–H groups in total. The number of allylic oxidation sites excluding steroid dienone is 1. The Labute approximate surface area is 161 Å². The Kier molecular flexibility index (Phi) is 5.58. The van der Waals surface area contributed by atoms with Crippen LogP contribution in [0.15, 0.2) is 22.7 Å². The van der Waals surface area contributed by atoms with Gasteiger partial charge in [-0.05, 0) is 27.2 Å². The van der Waals surface area contributed by atoms with Crippen molar-refractivity contribution in [1.82, 2.24) is 0 Å². The highest BCUT2D eigenvalue weighted by Gasteiger charge is 2.64. The van der Waals surface area contributed by atoms with Crippen molar-refractivity contribution in [3.8, 4) is 0 Å². The van der Waals surface area contributed by atoms with Crippen molar-refractivity contribution in [1.29, 1.82) is 0 Å². The van der Waals surface area contributed by atoms with Crippen LogP contribution in [0.3, 0.4) is 0 Å². The van der Waals surface area contributed by atoms with Gasteiger partial charge in [0.1, 0.15) is 5.76 Å². The topological polar surface area (TPSA) is 49.7 Å². The minimum Gasteiger partial charge on any atom is -0.508 e. The molecular formula is C23H42O3. The number of hydrogen-bond donors (Lipinski definition) is 2. The number of aliphatic hydroxyl groups excluding tert-OH is 2. The summed E-state index contributed by atoms with van der Waals surface area (Å²) in [5.74, 6) is 0.0860. The van der Waals surface area contributed by atoms with Gasteiger partial charge in [-0.2, -0.15) is 0 Å². The van der Waals surface area contributed by atoms with Gasteiger partial charge in [0.2, 0.25) is 0 Å². The van der Waals surface area contributed by atoms with E-state index < -0.39 is 5.41 Å². The predicted molar refractivity (Wildman–Crippen MR) is 110 cm³/mol. The van der Waals surface area contributed by atoms with Crippen LogP contribution in [0.2, 0.25) is 0 Å². The lowest BCUT2D eigenvalue weighted by molar-refractivity contribution is -0.134. The van der Waals surface area contributed by atoms with Gasteiger partial charge in [0.25, 0.3) is 0 Å². The SMILES string of the molecule is COC1C(C(C)(C)C)=C(C(C)(C)C)C(O)=C(O)C1(C(C)(C)C)C(C)(C)C. The van der Waals surface area contributed by atoms with Gasteiger partial charge in [0.05, 0.1) is 11.5 Å².